The molecule has 0 aliphatic carbocycles. The van der Waals surface area contributed by atoms with E-state index in [-0.39, 0.29) is 11.4 Å². The summed E-state index contributed by atoms with van der Waals surface area (Å²) in [5.74, 6) is -0.239. The van der Waals surface area contributed by atoms with Crippen molar-refractivity contribution < 1.29 is 14.1 Å². The van der Waals surface area contributed by atoms with Crippen LogP contribution in [0.2, 0.25) is 0 Å². The number of nitrogens with zero attached hydrogens (tertiary/aromatic N) is 1. The number of non-ortho nitro benzene ring substituents is 1. The molecule has 1 N–H and O–H groups in total. The molecular weight excluding hydrogens is 227 g/mol. The van der Waals surface area contributed by atoms with Gasteiger partial charge in [0.1, 0.15) is 0 Å². The molecule has 0 spiro atoms. The van der Waals surface area contributed by atoms with E-state index in [1.54, 1.807) is 0 Å². The van der Waals surface area contributed by atoms with Crippen LogP contribution >= 0.6 is 0 Å². The normalized spacial score (nSPS) is 19.2. The summed E-state index contributed by atoms with van der Waals surface area (Å²) in [5.41, 5.74) is -0.266. The highest BCUT2D eigenvalue weighted by atomic mass is 19.1. The maximum atomic E-state index is 13.4. The van der Waals surface area contributed by atoms with E-state index in [2.05, 4.69) is 5.32 Å². The number of ether oxygens (including phenoxy) is 1. The molecule has 1 heterocycles. The van der Waals surface area contributed by atoms with Gasteiger partial charge in [-0.1, -0.05) is 0 Å². The Morgan fingerprint density at radius 3 is 3.00 bits per heavy atom. The maximum Gasteiger partial charge on any atom is 0.272 e. The highest BCUT2D eigenvalue weighted by Gasteiger charge is 2.17. The summed E-state index contributed by atoms with van der Waals surface area (Å²) in [4.78, 5) is 9.79. The van der Waals surface area contributed by atoms with E-state index in [4.69, 9.17) is 4.74 Å². The van der Waals surface area contributed by atoms with Crippen molar-refractivity contribution in [2.75, 3.05) is 19.7 Å². The number of hydrogen-bond acceptors (Lipinski definition) is 4. The Balaban J connectivity index is 1.98. The molecule has 1 saturated heterocycles. The fraction of sp³-hybridized carbons (Fsp3) is 0.455. The predicted octanol–water partition coefficient (Wildman–Crippen LogP) is 1.72. The molecule has 6 heteroatoms. The second-order valence-corrected chi connectivity index (χ2v) is 4.04. The van der Waals surface area contributed by atoms with E-state index in [1.807, 2.05) is 0 Å². The lowest BCUT2D eigenvalue weighted by atomic mass is 10.1. The van der Waals surface area contributed by atoms with Crippen LogP contribution in [-0.2, 0) is 0 Å². The highest BCUT2D eigenvalue weighted by molar-refractivity contribution is 5.37. The lowest BCUT2D eigenvalue weighted by Crippen LogP contribution is -2.15. The molecule has 2 rings (SSSR count). The number of nitro benzene ring substituents is 1. The number of nitrogens with one attached hydrogen (secondary N) is 1. The van der Waals surface area contributed by atoms with Crippen molar-refractivity contribution in [2.45, 2.75) is 6.42 Å². The highest BCUT2D eigenvalue weighted by Crippen LogP contribution is 2.23. The molecule has 1 aliphatic rings. The number of benzene rings is 1. The van der Waals surface area contributed by atoms with Gasteiger partial charge in [0, 0.05) is 18.5 Å². The number of hydrogen-bond donors (Lipinski definition) is 1. The quantitative estimate of drug-likeness (QED) is 0.643. The summed E-state index contributed by atoms with van der Waals surface area (Å²) in [6.07, 6.45) is 1.01. The van der Waals surface area contributed by atoms with Crippen LogP contribution in [0.5, 0.6) is 5.75 Å². The van der Waals surface area contributed by atoms with Crippen LogP contribution in [-0.4, -0.2) is 24.6 Å². The summed E-state index contributed by atoms with van der Waals surface area (Å²) in [7, 11) is 0. The molecule has 1 atom stereocenters. The Labute approximate surface area is 97.7 Å². The summed E-state index contributed by atoms with van der Waals surface area (Å²) >= 11 is 0. The van der Waals surface area contributed by atoms with Gasteiger partial charge in [0.2, 0.25) is 0 Å². The van der Waals surface area contributed by atoms with Crippen LogP contribution in [0, 0.1) is 21.8 Å². The van der Waals surface area contributed by atoms with E-state index >= 15 is 0 Å². The van der Waals surface area contributed by atoms with Crippen LogP contribution in [0.3, 0.4) is 0 Å². The first-order valence-electron chi connectivity index (χ1n) is 5.44. The molecule has 0 aromatic heterocycles. The topological polar surface area (TPSA) is 64.4 Å². The van der Waals surface area contributed by atoms with Crippen LogP contribution in [0.4, 0.5) is 10.1 Å². The fourth-order valence-corrected chi connectivity index (χ4v) is 1.78. The van der Waals surface area contributed by atoms with Gasteiger partial charge in [0.25, 0.3) is 5.69 Å². The average Bonchev–Trinajstić information content (AvgIpc) is 2.80. The lowest BCUT2D eigenvalue weighted by Gasteiger charge is -2.11. The van der Waals surface area contributed by atoms with Gasteiger partial charge in [-0.05, 0) is 19.0 Å². The zero-order valence-electron chi connectivity index (χ0n) is 9.19. The monoisotopic (exact) mass is 240 g/mol. The molecule has 5 nitrogen and oxygen atoms in total. The van der Waals surface area contributed by atoms with Crippen LogP contribution < -0.4 is 10.1 Å². The molecule has 1 fully saturated rings. The molecular formula is C11H13FN2O3. The summed E-state index contributed by atoms with van der Waals surface area (Å²) < 4.78 is 18.8. The van der Waals surface area contributed by atoms with E-state index in [0.717, 1.165) is 25.6 Å². The summed E-state index contributed by atoms with van der Waals surface area (Å²) in [6, 6.07) is 3.42. The minimum absolute atomic E-state index is 0.0718. The van der Waals surface area contributed by atoms with E-state index in [0.29, 0.717) is 12.5 Å². The smallest absolute Gasteiger partial charge is 0.272 e. The number of halogens is 1. The van der Waals surface area contributed by atoms with Gasteiger partial charge in [-0.3, -0.25) is 10.1 Å². The van der Waals surface area contributed by atoms with Gasteiger partial charge >= 0.3 is 0 Å². The van der Waals surface area contributed by atoms with Gasteiger partial charge in [-0.15, -0.1) is 0 Å². The van der Waals surface area contributed by atoms with Crippen molar-refractivity contribution in [2.24, 2.45) is 5.92 Å². The number of rotatable bonds is 4. The third-order valence-electron chi connectivity index (χ3n) is 2.76. The van der Waals surface area contributed by atoms with Crippen molar-refractivity contribution in [1.29, 1.82) is 0 Å². The first-order chi connectivity index (χ1) is 8.16. The summed E-state index contributed by atoms with van der Waals surface area (Å²) in [5, 5.41) is 13.6. The van der Waals surface area contributed by atoms with Gasteiger partial charge in [0.05, 0.1) is 17.6 Å². The first-order valence-corrected chi connectivity index (χ1v) is 5.44. The van der Waals surface area contributed by atoms with Gasteiger partial charge in [-0.25, -0.2) is 4.39 Å². The molecule has 1 aromatic carbocycles. The molecule has 0 radical (unpaired) electrons. The summed E-state index contributed by atoms with van der Waals surface area (Å²) in [6.45, 7) is 2.26. The van der Waals surface area contributed by atoms with Crippen molar-refractivity contribution in [1.82, 2.24) is 5.32 Å². The molecule has 0 bridgehead atoms. The van der Waals surface area contributed by atoms with Gasteiger partial charge < -0.3 is 10.1 Å². The zero-order chi connectivity index (χ0) is 12.3. The average molecular weight is 240 g/mol. The van der Waals surface area contributed by atoms with Gasteiger partial charge in [0.15, 0.2) is 11.6 Å². The maximum absolute atomic E-state index is 13.4. The Morgan fingerprint density at radius 1 is 1.59 bits per heavy atom. The van der Waals surface area contributed by atoms with Gasteiger partial charge in [-0.2, -0.15) is 0 Å². The largest absolute Gasteiger partial charge is 0.490 e. The molecule has 1 aliphatic heterocycles. The van der Waals surface area contributed by atoms with E-state index in [9.17, 15) is 14.5 Å². The van der Waals surface area contributed by atoms with Crippen molar-refractivity contribution >= 4 is 5.69 Å². The van der Waals surface area contributed by atoms with E-state index < -0.39 is 10.7 Å². The lowest BCUT2D eigenvalue weighted by molar-refractivity contribution is -0.385. The molecule has 1 aromatic rings. The van der Waals surface area contributed by atoms with Crippen molar-refractivity contribution in [3.63, 3.8) is 0 Å². The second-order valence-electron chi connectivity index (χ2n) is 4.04. The minimum atomic E-state index is -0.690. The molecule has 1 unspecified atom stereocenters. The Kier molecular flexibility index (Phi) is 3.53. The number of nitro groups is 1. The van der Waals surface area contributed by atoms with Crippen LogP contribution in [0.25, 0.3) is 0 Å². The predicted molar refractivity (Wildman–Crippen MR) is 59.5 cm³/mol. The minimum Gasteiger partial charge on any atom is -0.490 e. The van der Waals surface area contributed by atoms with E-state index in [1.165, 1.54) is 12.1 Å². The molecule has 17 heavy (non-hydrogen) atoms. The Bertz CT molecular complexity index is 419. The van der Waals surface area contributed by atoms with Crippen molar-refractivity contribution in [3.05, 3.63) is 34.1 Å². The SMILES string of the molecule is O=[N+]([O-])c1ccc(OCC2CCNC2)c(F)c1. The standard InChI is InChI=1S/C11H13FN2O3/c12-10-5-9(14(15)16)1-2-11(10)17-7-8-3-4-13-6-8/h1-2,5,8,13H,3-4,6-7H2. The third-order valence-corrected chi connectivity index (χ3v) is 2.76. The molecule has 92 valence electrons. The molecule has 0 saturated carbocycles. The fourth-order valence-electron chi connectivity index (χ4n) is 1.78. The Hall–Kier alpha value is -1.69. The second kappa shape index (κ2) is 5.09. The third kappa shape index (κ3) is 2.91. The van der Waals surface area contributed by atoms with Crippen LogP contribution in [0.15, 0.2) is 18.2 Å². The van der Waals surface area contributed by atoms with Crippen LogP contribution in [0.1, 0.15) is 6.42 Å². The Morgan fingerprint density at radius 2 is 2.41 bits per heavy atom. The zero-order valence-corrected chi connectivity index (χ0v) is 9.19. The molecule has 0 amide bonds. The first kappa shape index (κ1) is 11.8. The van der Waals surface area contributed by atoms with Crippen molar-refractivity contribution in [3.8, 4) is 5.75 Å².